The molecule has 0 unspecified atom stereocenters. The third kappa shape index (κ3) is 3.37. The molecule has 1 N–H and O–H groups in total. The Labute approximate surface area is 182 Å². The number of rotatable bonds is 3. The molecule has 150 valence electrons. The van der Waals surface area contributed by atoms with Gasteiger partial charge in [0.05, 0.1) is 13.2 Å². The lowest BCUT2D eigenvalue weighted by Crippen LogP contribution is -2.52. The first kappa shape index (κ1) is 20.1. The number of hydrogen-bond donors (Lipinski definition) is 1. The number of alkyl halides is 1. The molecule has 1 amide bonds. The number of fused-ring (bicyclic) bond motifs is 3. The molecule has 2 aromatic carbocycles. The number of aromatic amines is 1. The second-order valence-electron chi connectivity index (χ2n) is 6.81. The number of amides is 1. The maximum Gasteiger partial charge on any atom is 0.328 e. The van der Waals surface area contributed by atoms with Gasteiger partial charge < -0.3 is 14.6 Å². The lowest BCUT2D eigenvalue weighted by Gasteiger charge is -2.41. The van der Waals surface area contributed by atoms with Gasteiger partial charge in [0.15, 0.2) is 0 Å². The predicted octanol–water partition coefficient (Wildman–Crippen LogP) is 4.73. The minimum absolute atomic E-state index is 0.273. The number of benzene rings is 2. The average molecular weight is 452 g/mol. The molecule has 3 aromatic rings. The Hall–Kier alpha value is -2.21. The van der Waals surface area contributed by atoms with Crippen molar-refractivity contribution in [2.75, 3.05) is 13.0 Å². The Morgan fingerprint density at radius 3 is 2.66 bits per heavy atom. The lowest BCUT2D eigenvalue weighted by molar-refractivity contribution is -0.154. The number of carbonyl (C=O) groups excluding carboxylic acids is 2. The normalized spacial score (nSPS) is 18.6. The number of esters is 1. The van der Waals surface area contributed by atoms with E-state index >= 15 is 0 Å². The number of carbonyl (C=O) groups is 2. The molecular formula is C21H17Cl3N2O3. The number of para-hydroxylation sites is 1. The molecule has 1 aromatic heterocycles. The van der Waals surface area contributed by atoms with E-state index in [0.29, 0.717) is 22.0 Å². The molecule has 2 heterocycles. The van der Waals surface area contributed by atoms with Gasteiger partial charge in [-0.2, -0.15) is 0 Å². The highest BCUT2D eigenvalue weighted by Crippen LogP contribution is 2.43. The maximum atomic E-state index is 12.9. The summed E-state index contributed by atoms with van der Waals surface area (Å²) in [5.41, 5.74) is 3.31. The van der Waals surface area contributed by atoms with E-state index < -0.39 is 18.1 Å². The zero-order valence-electron chi connectivity index (χ0n) is 15.4. The summed E-state index contributed by atoms with van der Waals surface area (Å²) in [6, 6.07) is 11.4. The molecule has 0 saturated carbocycles. The molecule has 0 aliphatic carbocycles. The lowest BCUT2D eigenvalue weighted by atomic mass is 9.88. The van der Waals surface area contributed by atoms with E-state index in [1.165, 1.54) is 12.0 Å². The van der Waals surface area contributed by atoms with Gasteiger partial charge >= 0.3 is 5.97 Å². The third-order valence-corrected chi connectivity index (χ3v) is 6.06. The fraction of sp³-hybridized carbons (Fsp3) is 0.238. The Balaban J connectivity index is 2.01. The quantitative estimate of drug-likeness (QED) is 0.462. The van der Waals surface area contributed by atoms with Crippen LogP contribution < -0.4 is 0 Å². The zero-order chi connectivity index (χ0) is 20.7. The second-order valence-corrected chi connectivity index (χ2v) is 7.92. The number of nitrogens with one attached hydrogen (secondary N) is 1. The summed E-state index contributed by atoms with van der Waals surface area (Å²) in [5, 5.41) is 1.86. The van der Waals surface area contributed by atoms with E-state index in [1.54, 1.807) is 18.2 Å². The van der Waals surface area contributed by atoms with Gasteiger partial charge in [-0.1, -0.05) is 47.5 Å². The Morgan fingerprint density at radius 2 is 1.97 bits per heavy atom. The van der Waals surface area contributed by atoms with E-state index in [1.807, 2.05) is 24.3 Å². The number of H-pyrrole nitrogens is 1. The summed E-state index contributed by atoms with van der Waals surface area (Å²) in [5.74, 6) is -1.16. The van der Waals surface area contributed by atoms with Crippen molar-refractivity contribution in [3.8, 4) is 0 Å². The number of hydrogen-bond acceptors (Lipinski definition) is 3. The first-order valence-electron chi connectivity index (χ1n) is 8.95. The second kappa shape index (κ2) is 7.90. The minimum atomic E-state index is -0.824. The van der Waals surface area contributed by atoms with Crippen molar-refractivity contribution in [2.45, 2.75) is 18.5 Å². The van der Waals surface area contributed by atoms with Gasteiger partial charge in [0.25, 0.3) is 0 Å². The summed E-state index contributed by atoms with van der Waals surface area (Å²) in [6.07, 6.45) is 0.316. The van der Waals surface area contributed by atoms with Gasteiger partial charge in [-0.3, -0.25) is 4.79 Å². The molecule has 0 fully saturated rings. The molecule has 29 heavy (non-hydrogen) atoms. The molecule has 0 spiro atoms. The SMILES string of the molecule is COC(=O)[C@@H]1Cc2c([nH]c3ccccc23)[C@@H](c2ccc(Cl)cc2Cl)N1C(=O)CCl. The van der Waals surface area contributed by atoms with Crippen LogP contribution in [0.4, 0.5) is 0 Å². The third-order valence-electron chi connectivity index (χ3n) is 5.26. The summed E-state index contributed by atoms with van der Waals surface area (Å²) in [7, 11) is 1.31. The van der Waals surface area contributed by atoms with E-state index in [0.717, 1.165) is 22.2 Å². The van der Waals surface area contributed by atoms with Gasteiger partial charge in [0, 0.05) is 33.1 Å². The number of ether oxygens (including phenoxy) is 1. The van der Waals surface area contributed by atoms with Crippen molar-refractivity contribution in [3.63, 3.8) is 0 Å². The molecule has 2 atom stereocenters. The minimum Gasteiger partial charge on any atom is -0.467 e. The highest BCUT2D eigenvalue weighted by atomic mass is 35.5. The molecular weight excluding hydrogens is 435 g/mol. The largest absolute Gasteiger partial charge is 0.467 e. The number of aromatic nitrogens is 1. The van der Waals surface area contributed by atoms with Gasteiger partial charge in [-0.05, 0) is 29.3 Å². The van der Waals surface area contributed by atoms with Crippen LogP contribution in [0.5, 0.6) is 0 Å². The van der Waals surface area contributed by atoms with Gasteiger partial charge in [-0.25, -0.2) is 4.79 Å². The first-order chi connectivity index (χ1) is 14.0. The van der Waals surface area contributed by atoms with Crippen molar-refractivity contribution in [1.82, 2.24) is 9.88 Å². The molecule has 0 radical (unpaired) electrons. The summed E-state index contributed by atoms with van der Waals surface area (Å²) in [6.45, 7) is 0. The number of halogens is 3. The van der Waals surface area contributed by atoms with Crippen molar-refractivity contribution in [1.29, 1.82) is 0 Å². The van der Waals surface area contributed by atoms with Crippen LogP contribution in [-0.2, 0) is 20.7 Å². The van der Waals surface area contributed by atoms with Crippen LogP contribution in [0.1, 0.15) is 22.9 Å². The number of methoxy groups -OCH3 is 1. The van der Waals surface area contributed by atoms with Gasteiger partial charge in [0.2, 0.25) is 5.91 Å². The smallest absolute Gasteiger partial charge is 0.328 e. The monoisotopic (exact) mass is 450 g/mol. The highest BCUT2D eigenvalue weighted by molar-refractivity contribution is 6.35. The fourth-order valence-corrected chi connectivity index (χ4v) is 4.68. The fourth-order valence-electron chi connectivity index (χ4n) is 4.03. The van der Waals surface area contributed by atoms with Crippen LogP contribution in [0, 0.1) is 0 Å². The topological polar surface area (TPSA) is 62.4 Å². The van der Waals surface area contributed by atoms with Crippen LogP contribution >= 0.6 is 34.8 Å². The van der Waals surface area contributed by atoms with E-state index in [4.69, 9.17) is 39.5 Å². The molecule has 0 saturated heterocycles. The van der Waals surface area contributed by atoms with E-state index in [-0.39, 0.29) is 11.8 Å². The van der Waals surface area contributed by atoms with Gasteiger partial charge in [-0.15, -0.1) is 11.6 Å². The Morgan fingerprint density at radius 1 is 1.21 bits per heavy atom. The predicted molar refractivity (Wildman–Crippen MR) is 114 cm³/mol. The summed E-state index contributed by atoms with van der Waals surface area (Å²) >= 11 is 18.5. The Kier molecular flexibility index (Phi) is 5.47. The van der Waals surface area contributed by atoms with Crippen LogP contribution in [0.2, 0.25) is 10.0 Å². The van der Waals surface area contributed by atoms with Crippen molar-refractivity contribution >= 4 is 57.6 Å². The molecule has 4 rings (SSSR count). The first-order valence-corrected chi connectivity index (χ1v) is 10.2. The van der Waals surface area contributed by atoms with E-state index in [2.05, 4.69) is 4.98 Å². The summed E-state index contributed by atoms with van der Waals surface area (Å²) in [4.78, 5) is 30.4. The van der Waals surface area contributed by atoms with Crippen molar-refractivity contribution in [3.05, 3.63) is 69.3 Å². The number of nitrogens with zero attached hydrogens (tertiary/aromatic N) is 1. The zero-order valence-corrected chi connectivity index (χ0v) is 17.7. The summed E-state index contributed by atoms with van der Waals surface area (Å²) < 4.78 is 5.01. The molecule has 1 aliphatic rings. The molecule has 1 aliphatic heterocycles. The van der Waals surface area contributed by atoms with Crippen LogP contribution in [-0.4, -0.2) is 40.8 Å². The molecule has 0 bridgehead atoms. The van der Waals surface area contributed by atoms with Crippen LogP contribution in [0.25, 0.3) is 10.9 Å². The van der Waals surface area contributed by atoms with Crippen LogP contribution in [0.15, 0.2) is 42.5 Å². The van der Waals surface area contributed by atoms with Crippen molar-refractivity contribution < 1.29 is 14.3 Å². The standard InChI is InChI=1S/C21H17Cl3N2O3/c1-29-21(28)17-9-14-12-4-2-3-5-16(12)25-19(14)20(26(17)18(27)10-22)13-7-6-11(23)8-15(13)24/h2-8,17,20,25H,9-10H2,1H3/t17-,20+/m0/s1. The maximum absolute atomic E-state index is 12.9. The molecule has 8 heteroatoms. The average Bonchev–Trinajstić information content (AvgIpc) is 3.10. The highest BCUT2D eigenvalue weighted by Gasteiger charge is 2.44. The van der Waals surface area contributed by atoms with Crippen LogP contribution in [0.3, 0.4) is 0 Å². The Bertz CT molecular complexity index is 1110. The van der Waals surface area contributed by atoms with Gasteiger partial charge in [0.1, 0.15) is 11.9 Å². The molecule has 5 nitrogen and oxygen atoms in total. The van der Waals surface area contributed by atoms with E-state index in [9.17, 15) is 9.59 Å². The van der Waals surface area contributed by atoms with Crippen molar-refractivity contribution in [2.24, 2.45) is 0 Å².